The first-order chi connectivity index (χ1) is 8.77. The van der Waals surface area contributed by atoms with Gasteiger partial charge >= 0.3 is 5.97 Å². The number of hydrogen-bond donors (Lipinski definition) is 1. The van der Waals surface area contributed by atoms with Gasteiger partial charge in [-0.25, -0.2) is 0 Å². The van der Waals surface area contributed by atoms with Crippen molar-refractivity contribution in [2.75, 3.05) is 33.0 Å². The Morgan fingerprint density at radius 3 is 2.78 bits per heavy atom. The number of rotatable bonds is 5. The molecule has 104 valence electrons. The molecule has 1 atom stereocenters. The molecule has 0 radical (unpaired) electrons. The van der Waals surface area contributed by atoms with Crippen LogP contribution in [0.1, 0.15) is 32.6 Å². The fourth-order valence-corrected chi connectivity index (χ4v) is 2.56. The Kier molecular flexibility index (Phi) is 4.97. The zero-order chi connectivity index (χ0) is 12.8. The van der Waals surface area contributed by atoms with Crippen LogP contribution in [0.5, 0.6) is 0 Å². The predicted octanol–water partition coefficient (Wildman–Crippen LogP) is 0.867. The molecule has 0 amide bonds. The number of ether oxygens (including phenoxy) is 3. The fourth-order valence-electron chi connectivity index (χ4n) is 2.56. The first kappa shape index (κ1) is 13.8. The van der Waals surface area contributed by atoms with Crippen LogP contribution in [-0.2, 0) is 19.0 Å². The van der Waals surface area contributed by atoms with E-state index >= 15 is 0 Å². The number of carbonyl (C=O) groups excluding carboxylic acids is 1. The molecule has 0 aliphatic carbocycles. The van der Waals surface area contributed by atoms with Gasteiger partial charge in [-0.1, -0.05) is 0 Å². The fraction of sp³-hybridized carbons (Fsp3) is 0.923. The van der Waals surface area contributed by atoms with Gasteiger partial charge in [0.05, 0.1) is 12.7 Å². The van der Waals surface area contributed by atoms with Gasteiger partial charge < -0.3 is 14.2 Å². The van der Waals surface area contributed by atoms with Gasteiger partial charge in [-0.3, -0.25) is 10.1 Å². The largest absolute Gasteiger partial charge is 0.465 e. The maximum Gasteiger partial charge on any atom is 0.326 e. The molecule has 18 heavy (non-hydrogen) atoms. The van der Waals surface area contributed by atoms with E-state index < -0.39 is 5.54 Å². The molecule has 0 aromatic carbocycles. The number of hydrogen-bond acceptors (Lipinski definition) is 5. The minimum Gasteiger partial charge on any atom is -0.465 e. The monoisotopic (exact) mass is 257 g/mol. The Morgan fingerprint density at radius 2 is 2.17 bits per heavy atom. The summed E-state index contributed by atoms with van der Waals surface area (Å²) in [5, 5.41) is 3.38. The Labute approximate surface area is 108 Å². The quantitative estimate of drug-likeness (QED) is 0.741. The summed E-state index contributed by atoms with van der Waals surface area (Å²) in [6.45, 7) is 5.03. The van der Waals surface area contributed by atoms with Gasteiger partial charge in [-0.2, -0.15) is 0 Å². The molecular formula is C13H23NO4. The van der Waals surface area contributed by atoms with E-state index in [1.54, 1.807) is 0 Å². The molecule has 0 aromatic heterocycles. The standard InChI is InChI=1S/C13H23NO4/c1-2-17-12(15)13(5-8-16-9-6-13)14-10-11-4-3-7-18-11/h11,14H,2-10H2,1H3. The highest BCUT2D eigenvalue weighted by Crippen LogP contribution is 2.23. The van der Waals surface area contributed by atoms with Crippen LogP contribution < -0.4 is 5.32 Å². The summed E-state index contributed by atoms with van der Waals surface area (Å²) >= 11 is 0. The lowest BCUT2D eigenvalue weighted by Crippen LogP contribution is -2.57. The van der Waals surface area contributed by atoms with Gasteiger partial charge in [0, 0.05) is 26.4 Å². The average Bonchev–Trinajstić information content (AvgIpc) is 2.91. The molecule has 0 saturated carbocycles. The maximum absolute atomic E-state index is 12.1. The van der Waals surface area contributed by atoms with Crippen LogP contribution in [0.3, 0.4) is 0 Å². The Bertz CT molecular complexity index is 270. The molecule has 2 heterocycles. The normalized spacial score (nSPS) is 27.1. The molecule has 2 fully saturated rings. The van der Waals surface area contributed by atoms with E-state index in [-0.39, 0.29) is 12.1 Å². The first-order valence-electron chi connectivity index (χ1n) is 6.88. The molecule has 2 rings (SSSR count). The minimum atomic E-state index is -0.569. The summed E-state index contributed by atoms with van der Waals surface area (Å²) in [4.78, 5) is 12.1. The van der Waals surface area contributed by atoms with Gasteiger partial charge in [0.1, 0.15) is 5.54 Å². The molecule has 5 heteroatoms. The summed E-state index contributed by atoms with van der Waals surface area (Å²) in [7, 11) is 0. The van der Waals surface area contributed by atoms with Gasteiger partial charge in [0.2, 0.25) is 0 Å². The summed E-state index contributed by atoms with van der Waals surface area (Å²) in [5.41, 5.74) is -0.569. The zero-order valence-electron chi connectivity index (χ0n) is 11.1. The molecule has 2 aliphatic heterocycles. The number of carbonyl (C=O) groups is 1. The molecule has 1 unspecified atom stereocenters. The van der Waals surface area contributed by atoms with E-state index in [0.717, 1.165) is 26.0 Å². The molecule has 2 saturated heterocycles. The number of nitrogens with one attached hydrogen (secondary N) is 1. The molecule has 0 spiro atoms. The predicted molar refractivity (Wildman–Crippen MR) is 66.4 cm³/mol. The smallest absolute Gasteiger partial charge is 0.326 e. The van der Waals surface area contributed by atoms with Crippen molar-refractivity contribution in [3.63, 3.8) is 0 Å². The van der Waals surface area contributed by atoms with Crippen LogP contribution in [0, 0.1) is 0 Å². The highest BCUT2D eigenvalue weighted by atomic mass is 16.5. The number of esters is 1. The van der Waals surface area contributed by atoms with Crippen molar-refractivity contribution in [3.05, 3.63) is 0 Å². The summed E-state index contributed by atoms with van der Waals surface area (Å²) in [6, 6.07) is 0. The van der Waals surface area contributed by atoms with Crippen LogP contribution in [-0.4, -0.2) is 50.6 Å². The lowest BCUT2D eigenvalue weighted by atomic mass is 9.89. The topological polar surface area (TPSA) is 56.8 Å². The SMILES string of the molecule is CCOC(=O)C1(NCC2CCCO2)CCOCC1. The van der Waals surface area contributed by atoms with E-state index in [1.165, 1.54) is 0 Å². The highest BCUT2D eigenvalue weighted by molar-refractivity contribution is 5.81. The third-order valence-electron chi connectivity index (χ3n) is 3.70. The minimum absolute atomic E-state index is 0.147. The van der Waals surface area contributed by atoms with E-state index in [1.807, 2.05) is 6.92 Å². The van der Waals surface area contributed by atoms with Crippen molar-refractivity contribution in [2.24, 2.45) is 0 Å². The van der Waals surface area contributed by atoms with Crippen molar-refractivity contribution < 1.29 is 19.0 Å². The second-order valence-electron chi connectivity index (χ2n) is 4.93. The summed E-state index contributed by atoms with van der Waals surface area (Å²) < 4.78 is 16.1. The molecule has 2 aliphatic rings. The maximum atomic E-state index is 12.1. The van der Waals surface area contributed by atoms with Crippen molar-refractivity contribution in [1.82, 2.24) is 5.32 Å². The third kappa shape index (κ3) is 3.22. The van der Waals surface area contributed by atoms with E-state index in [4.69, 9.17) is 14.2 Å². The second kappa shape index (κ2) is 6.50. The lowest BCUT2D eigenvalue weighted by Gasteiger charge is -2.36. The third-order valence-corrected chi connectivity index (χ3v) is 3.70. The molecule has 0 bridgehead atoms. The van der Waals surface area contributed by atoms with Crippen molar-refractivity contribution in [1.29, 1.82) is 0 Å². The summed E-state index contributed by atoms with van der Waals surface area (Å²) in [6.07, 6.45) is 3.78. The lowest BCUT2D eigenvalue weighted by molar-refractivity contribution is -0.155. The summed E-state index contributed by atoms with van der Waals surface area (Å²) in [5.74, 6) is -0.147. The van der Waals surface area contributed by atoms with Crippen LogP contribution in [0.25, 0.3) is 0 Å². The van der Waals surface area contributed by atoms with Crippen molar-refractivity contribution >= 4 is 5.97 Å². The zero-order valence-corrected chi connectivity index (χ0v) is 11.1. The molecular weight excluding hydrogens is 234 g/mol. The van der Waals surface area contributed by atoms with E-state index in [2.05, 4.69) is 5.32 Å². The Morgan fingerprint density at radius 1 is 1.39 bits per heavy atom. The van der Waals surface area contributed by atoms with Gasteiger partial charge in [0.15, 0.2) is 0 Å². The van der Waals surface area contributed by atoms with Crippen LogP contribution >= 0.6 is 0 Å². The Hall–Kier alpha value is -0.650. The average molecular weight is 257 g/mol. The Balaban J connectivity index is 1.92. The first-order valence-corrected chi connectivity index (χ1v) is 6.88. The van der Waals surface area contributed by atoms with Gasteiger partial charge in [-0.15, -0.1) is 0 Å². The van der Waals surface area contributed by atoms with Gasteiger partial charge in [0.25, 0.3) is 0 Å². The second-order valence-corrected chi connectivity index (χ2v) is 4.93. The highest BCUT2D eigenvalue weighted by Gasteiger charge is 2.41. The van der Waals surface area contributed by atoms with Gasteiger partial charge in [-0.05, 0) is 32.6 Å². The van der Waals surface area contributed by atoms with E-state index in [9.17, 15) is 4.79 Å². The van der Waals surface area contributed by atoms with E-state index in [0.29, 0.717) is 32.7 Å². The van der Waals surface area contributed by atoms with Crippen LogP contribution in [0.2, 0.25) is 0 Å². The molecule has 5 nitrogen and oxygen atoms in total. The van der Waals surface area contributed by atoms with Crippen LogP contribution in [0.4, 0.5) is 0 Å². The van der Waals surface area contributed by atoms with Crippen molar-refractivity contribution in [2.45, 2.75) is 44.2 Å². The molecule has 0 aromatic rings. The van der Waals surface area contributed by atoms with Crippen LogP contribution in [0.15, 0.2) is 0 Å². The molecule has 1 N–H and O–H groups in total. The van der Waals surface area contributed by atoms with Crippen molar-refractivity contribution in [3.8, 4) is 0 Å².